The van der Waals surface area contributed by atoms with Crippen molar-refractivity contribution in [2.45, 2.75) is 38.5 Å². The molecular formula is C24H31NO3. The van der Waals surface area contributed by atoms with Crippen LogP contribution in [0.15, 0.2) is 48.5 Å². The van der Waals surface area contributed by atoms with E-state index >= 15 is 0 Å². The van der Waals surface area contributed by atoms with Crippen LogP contribution in [0.2, 0.25) is 0 Å². The van der Waals surface area contributed by atoms with Gasteiger partial charge >= 0.3 is 0 Å². The molecule has 0 saturated carbocycles. The van der Waals surface area contributed by atoms with Crippen molar-refractivity contribution in [2.75, 3.05) is 27.3 Å². The molecule has 0 aliphatic carbocycles. The van der Waals surface area contributed by atoms with Gasteiger partial charge in [0.1, 0.15) is 11.5 Å². The average Bonchev–Trinajstić information content (AvgIpc) is 2.77. The normalized spacial score (nSPS) is 14.7. The van der Waals surface area contributed by atoms with E-state index in [-0.39, 0.29) is 5.91 Å². The molecule has 2 aromatic rings. The van der Waals surface area contributed by atoms with Gasteiger partial charge in [0.15, 0.2) is 0 Å². The number of hydrogen-bond donors (Lipinski definition) is 0. The lowest BCUT2D eigenvalue weighted by molar-refractivity contribution is -0.132. The van der Waals surface area contributed by atoms with Gasteiger partial charge in [-0.1, -0.05) is 24.3 Å². The lowest BCUT2D eigenvalue weighted by Crippen LogP contribution is -2.38. The van der Waals surface area contributed by atoms with Crippen LogP contribution in [0, 0.1) is 5.92 Å². The molecule has 1 heterocycles. The van der Waals surface area contributed by atoms with E-state index in [9.17, 15) is 4.79 Å². The Morgan fingerprint density at radius 2 is 1.64 bits per heavy atom. The quantitative estimate of drug-likeness (QED) is 0.675. The van der Waals surface area contributed by atoms with Gasteiger partial charge in [-0.25, -0.2) is 0 Å². The lowest BCUT2D eigenvalue weighted by Gasteiger charge is -2.32. The van der Waals surface area contributed by atoms with Crippen LogP contribution in [0.1, 0.15) is 36.8 Å². The Hall–Kier alpha value is -2.49. The SMILES string of the molecule is COc1ccc(CCC2CCN(C(=O)CCc3cccc(OC)c3)CC2)cc1. The predicted octanol–water partition coefficient (Wildman–Crippen LogP) is 4.51. The molecule has 150 valence electrons. The van der Waals surface area contributed by atoms with Crippen LogP contribution in [-0.4, -0.2) is 38.1 Å². The maximum atomic E-state index is 12.6. The average molecular weight is 382 g/mol. The molecular weight excluding hydrogens is 350 g/mol. The molecule has 0 N–H and O–H groups in total. The van der Waals surface area contributed by atoms with Gasteiger partial charge in [0.25, 0.3) is 0 Å². The Morgan fingerprint density at radius 3 is 2.32 bits per heavy atom. The first-order chi connectivity index (χ1) is 13.7. The number of piperidine rings is 1. The zero-order chi connectivity index (χ0) is 19.8. The number of methoxy groups -OCH3 is 2. The minimum atomic E-state index is 0.274. The summed E-state index contributed by atoms with van der Waals surface area (Å²) in [5, 5.41) is 0. The number of ether oxygens (including phenoxy) is 2. The number of nitrogens with zero attached hydrogens (tertiary/aromatic N) is 1. The van der Waals surface area contributed by atoms with Gasteiger partial charge in [-0.3, -0.25) is 4.79 Å². The van der Waals surface area contributed by atoms with E-state index in [1.165, 1.54) is 12.0 Å². The number of carbonyl (C=O) groups is 1. The molecule has 0 aromatic heterocycles. The van der Waals surface area contributed by atoms with E-state index in [2.05, 4.69) is 18.2 Å². The number of hydrogen-bond acceptors (Lipinski definition) is 3. The standard InChI is InChI=1S/C24H31NO3/c1-27-22-11-8-19(9-12-22)6-7-20-14-16-25(17-15-20)24(26)13-10-21-4-3-5-23(18-21)28-2/h3-5,8-9,11-12,18,20H,6-7,10,13-17H2,1-2H3. The second-order valence-corrected chi connectivity index (χ2v) is 7.56. The van der Waals surface area contributed by atoms with E-state index in [1.807, 2.05) is 35.2 Å². The monoisotopic (exact) mass is 381 g/mol. The van der Waals surface area contributed by atoms with Crippen molar-refractivity contribution in [3.05, 3.63) is 59.7 Å². The first-order valence-electron chi connectivity index (χ1n) is 10.2. The summed E-state index contributed by atoms with van der Waals surface area (Å²) in [6, 6.07) is 16.3. The molecule has 1 aliphatic heterocycles. The van der Waals surface area contributed by atoms with Crippen LogP contribution in [-0.2, 0) is 17.6 Å². The highest BCUT2D eigenvalue weighted by atomic mass is 16.5. The van der Waals surface area contributed by atoms with E-state index in [0.29, 0.717) is 12.3 Å². The van der Waals surface area contributed by atoms with Gasteiger partial charge in [-0.05, 0) is 73.4 Å². The van der Waals surface area contributed by atoms with Crippen molar-refractivity contribution in [1.29, 1.82) is 0 Å². The van der Waals surface area contributed by atoms with Crippen LogP contribution in [0.4, 0.5) is 0 Å². The van der Waals surface area contributed by atoms with Gasteiger partial charge in [0, 0.05) is 19.5 Å². The van der Waals surface area contributed by atoms with E-state index in [1.54, 1.807) is 14.2 Å². The fourth-order valence-corrected chi connectivity index (χ4v) is 3.87. The van der Waals surface area contributed by atoms with Gasteiger partial charge in [-0.2, -0.15) is 0 Å². The molecule has 0 bridgehead atoms. The largest absolute Gasteiger partial charge is 0.497 e. The molecule has 1 aliphatic rings. The van der Waals surface area contributed by atoms with Gasteiger partial charge in [-0.15, -0.1) is 0 Å². The van der Waals surface area contributed by atoms with Crippen molar-refractivity contribution >= 4 is 5.91 Å². The zero-order valence-corrected chi connectivity index (χ0v) is 17.0. The number of benzene rings is 2. The Kier molecular flexibility index (Phi) is 7.35. The summed E-state index contributed by atoms with van der Waals surface area (Å²) in [7, 11) is 3.36. The molecule has 2 aromatic carbocycles. The minimum Gasteiger partial charge on any atom is -0.497 e. The molecule has 0 spiro atoms. The summed E-state index contributed by atoms with van der Waals surface area (Å²) in [4.78, 5) is 14.6. The maximum Gasteiger partial charge on any atom is 0.222 e. The lowest BCUT2D eigenvalue weighted by atomic mass is 9.90. The van der Waals surface area contributed by atoms with Crippen LogP contribution in [0.3, 0.4) is 0 Å². The van der Waals surface area contributed by atoms with Crippen LogP contribution < -0.4 is 9.47 Å². The molecule has 0 atom stereocenters. The molecule has 1 fully saturated rings. The van der Waals surface area contributed by atoms with Gasteiger partial charge in [0.05, 0.1) is 14.2 Å². The third kappa shape index (κ3) is 5.75. The number of rotatable bonds is 8. The zero-order valence-electron chi connectivity index (χ0n) is 17.0. The minimum absolute atomic E-state index is 0.274. The fraction of sp³-hybridized carbons (Fsp3) is 0.458. The smallest absolute Gasteiger partial charge is 0.222 e. The van der Waals surface area contributed by atoms with Crippen molar-refractivity contribution in [3.8, 4) is 11.5 Å². The number of aryl methyl sites for hydroxylation is 2. The third-order valence-corrected chi connectivity index (χ3v) is 5.73. The second-order valence-electron chi connectivity index (χ2n) is 7.56. The molecule has 28 heavy (non-hydrogen) atoms. The number of amides is 1. The summed E-state index contributed by atoms with van der Waals surface area (Å²) in [5.41, 5.74) is 2.51. The summed E-state index contributed by atoms with van der Waals surface area (Å²) in [5.74, 6) is 2.74. The molecule has 0 unspecified atom stereocenters. The molecule has 0 radical (unpaired) electrons. The molecule has 3 rings (SSSR count). The summed E-state index contributed by atoms with van der Waals surface area (Å²) < 4.78 is 10.5. The Bertz CT molecular complexity index is 749. The second kappa shape index (κ2) is 10.2. The summed E-state index contributed by atoms with van der Waals surface area (Å²) in [6.07, 6.45) is 5.86. The van der Waals surface area contributed by atoms with Crippen molar-refractivity contribution in [3.63, 3.8) is 0 Å². The first kappa shape index (κ1) is 20.2. The first-order valence-corrected chi connectivity index (χ1v) is 10.2. The highest BCUT2D eigenvalue weighted by Crippen LogP contribution is 2.24. The van der Waals surface area contributed by atoms with Crippen molar-refractivity contribution in [1.82, 2.24) is 4.90 Å². The molecule has 4 nitrogen and oxygen atoms in total. The highest BCUT2D eigenvalue weighted by molar-refractivity contribution is 5.76. The van der Waals surface area contributed by atoms with Crippen LogP contribution >= 0.6 is 0 Å². The van der Waals surface area contributed by atoms with Crippen molar-refractivity contribution in [2.24, 2.45) is 5.92 Å². The van der Waals surface area contributed by atoms with Crippen LogP contribution in [0.5, 0.6) is 11.5 Å². The summed E-state index contributed by atoms with van der Waals surface area (Å²) >= 11 is 0. The predicted molar refractivity (Wildman–Crippen MR) is 112 cm³/mol. The topological polar surface area (TPSA) is 38.8 Å². The Morgan fingerprint density at radius 1 is 0.929 bits per heavy atom. The fourth-order valence-electron chi connectivity index (χ4n) is 3.87. The maximum absolute atomic E-state index is 12.6. The molecule has 4 heteroatoms. The van der Waals surface area contributed by atoms with E-state index in [0.717, 1.165) is 55.8 Å². The van der Waals surface area contributed by atoms with Crippen LogP contribution in [0.25, 0.3) is 0 Å². The Balaban J connectivity index is 1.38. The third-order valence-electron chi connectivity index (χ3n) is 5.73. The number of carbonyl (C=O) groups excluding carboxylic acids is 1. The summed E-state index contributed by atoms with van der Waals surface area (Å²) in [6.45, 7) is 1.79. The van der Waals surface area contributed by atoms with Gasteiger partial charge < -0.3 is 14.4 Å². The van der Waals surface area contributed by atoms with E-state index in [4.69, 9.17) is 9.47 Å². The van der Waals surface area contributed by atoms with Crippen molar-refractivity contribution < 1.29 is 14.3 Å². The number of likely N-dealkylation sites (tertiary alicyclic amines) is 1. The van der Waals surface area contributed by atoms with Gasteiger partial charge in [0.2, 0.25) is 5.91 Å². The highest BCUT2D eigenvalue weighted by Gasteiger charge is 2.22. The van der Waals surface area contributed by atoms with E-state index < -0.39 is 0 Å². The molecule has 1 saturated heterocycles. The Labute approximate surface area is 168 Å². The molecule has 1 amide bonds.